The summed E-state index contributed by atoms with van der Waals surface area (Å²) in [5.41, 5.74) is 2.98. The second-order valence-electron chi connectivity index (χ2n) is 6.75. The van der Waals surface area contributed by atoms with E-state index in [0.29, 0.717) is 34.9 Å². The van der Waals surface area contributed by atoms with Crippen molar-refractivity contribution < 1.29 is 18.3 Å². The molecule has 7 nitrogen and oxygen atoms in total. The van der Waals surface area contributed by atoms with Gasteiger partial charge in [-0.15, -0.1) is 0 Å². The summed E-state index contributed by atoms with van der Waals surface area (Å²) in [6, 6.07) is 4.69. The number of halogens is 2. The minimum absolute atomic E-state index is 0.0479. The van der Waals surface area contributed by atoms with E-state index in [0.717, 1.165) is 5.56 Å². The highest BCUT2D eigenvalue weighted by Crippen LogP contribution is 2.38. The highest BCUT2D eigenvalue weighted by Gasteiger charge is 2.39. The largest absolute Gasteiger partial charge is 0.433 e. The van der Waals surface area contributed by atoms with E-state index in [4.69, 9.17) is 0 Å². The highest BCUT2D eigenvalue weighted by atomic mass is 19.3. The Hall–Kier alpha value is -3.36. The number of rotatable bonds is 5. The number of amides is 1. The van der Waals surface area contributed by atoms with Crippen LogP contribution in [0, 0.1) is 6.92 Å². The first-order valence-electron chi connectivity index (χ1n) is 9.17. The van der Waals surface area contributed by atoms with Crippen LogP contribution >= 0.6 is 0 Å². The van der Waals surface area contributed by atoms with Crippen LogP contribution in [0.1, 0.15) is 41.5 Å². The molecular weight excluding hydrogens is 380 g/mol. The van der Waals surface area contributed by atoms with E-state index in [-0.39, 0.29) is 17.7 Å². The van der Waals surface area contributed by atoms with Gasteiger partial charge in [0.2, 0.25) is 0 Å². The van der Waals surface area contributed by atoms with Gasteiger partial charge in [0.05, 0.1) is 29.2 Å². The average Bonchev–Trinajstić information content (AvgIpc) is 3.24. The zero-order chi connectivity index (χ0) is 20.7. The maximum atomic E-state index is 13.1. The fourth-order valence-corrected chi connectivity index (χ4v) is 3.53. The number of pyridine rings is 2. The van der Waals surface area contributed by atoms with Gasteiger partial charge < -0.3 is 4.74 Å². The summed E-state index contributed by atoms with van der Waals surface area (Å²) in [5, 5.41) is 4.44. The Morgan fingerprint density at radius 2 is 2.07 bits per heavy atom. The molecule has 4 rings (SSSR count). The summed E-state index contributed by atoms with van der Waals surface area (Å²) in [7, 11) is 0. The molecule has 0 spiro atoms. The van der Waals surface area contributed by atoms with Crippen molar-refractivity contribution in [3.05, 3.63) is 53.6 Å². The third kappa shape index (κ3) is 3.32. The molecule has 3 aromatic heterocycles. The number of nitrogens with zero attached hydrogens (tertiary/aromatic N) is 5. The van der Waals surface area contributed by atoms with Gasteiger partial charge in [-0.2, -0.15) is 13.9 Å². The minimum Gasteiger partial charge on any atom is -0.433 e. The van der Waals surface area contributed by atoms with Crippen molar-refractivity contribution in [3.8, 4) is 17.0 Å². The molecule has 1 aliphatic rings. The molecule has 0 bridgehead atoms. The molecule has 0 aliphatic carbocycles. The quantitative estimate of drug-likeness (QED) is 0.649. The number of hydrogen-bond donors (Lipinski definition) is 0. The lowest BCUT2D eigenvalue weighted by molar-refractivity contribution is -0.0500. The van der Waals surface area contributed by atoms with Gasteiger partial charge in [0, 0.05) is 30.6 Å². The van der Waals surface area contributed by atoms with Crippen LogP contribution in [0.4, 0.5) is 14.6 Å². The lowest BCUT2D eigenvalue weighted by Gasteiger charge is -2.18. The molecular formula is C20H19F2N5O2. The third-order valence-electron chi connectivity index (χ3n) is 4.89. The number of carbonyl (C=O) groups excluding carboxylic acids is 1. The van der Waals surface area contributed by atoms with Crippen molar-refractivity contribution in [1.29, 1.82) is 0 Å². The van der Waals surface area contributed by atoms with Gasteiger partial charge in [-0.1, -0.05) is 0 Å². The smallest absolute Gasteiger partial charge is 0.387 e. The number of alkyl halides is 2. The normalized spacial score (nSPS) is 15.9. The van der Waals surface area contributed by atoms with Gasteiger partial charge in [0.1, 0.15) is 5.75 Å². The third-order valence-corrected chi connectivity index (χ3v) is 4.89. The first kappa shape index (κ1) is 19.0. The van der Waals surface area contributed by atoms with Crippen LogP contribution in [0.15, 0.2) is 36.8 Å². The Kier molecular flexibility index (Phi) is 4.73. The molecule has 0 radical (unpaired) electrons. The van der Waals surface area contributed by atoms with Crippen LogP contribution in [0.5, 0.6) is 5.75 Å². The fourth-order valence-electron chi connectivity index (χ4n) is 3.53. The van der Waals surface area contributed by atoms with E-state index < -0.39 is 6.61 Å². The molecule has 0 saturated carbocycles. The second kappa shape index (κ2) is 7.23. The van der Waals surface area contributed by atoms with Crippen molar-refractivity contribution in [2.75, 3.05) is 4.90 Å². The Morgan fingerprint density at radius 1 is 1.28 bits per heavy atom. The predicted molar refractivity (Wildman–Crippen MR) is 102 cm³/mol. The number of fused-ring (bicyclic) bond motifs is 1. The van der Waals surface area contributed by atoms with Gasteiger partial charge in [0.15, 0.2) is 5.82 Å². The van der Waals surface area contributed by atoms with E-state index in [2.05, 4.69) is 19.8 Å². The Labute approximate surface area is 166 Å². The first-order valence-corrected chi connectivity index (χ1v) is 9.17. The zero-order valence-corrected chi connectivity index (χ0v) is 16.1. The SMILES string of the molecule is CCn1ccc(N2C(=O)c3c(C)cc(-c4cncc(OC(F)F)c4)nc3[C@@H]2C)n1. The minimum atomic E-state index is -2.93. The molecule has 0 N–H and O–H groups in total. The molecule has 0 saturated heterocycles. The number of aryl methyl sites for hydroxylation is 2. The Balaban J connectivity index is 1.74. The molecule has 1 amide bonds. The van der Waals surface area contributed by atoms with E-state index in [1.165, 1.54) is 18.5 Å². The molecule has 29 heavy (non-hydrogen) atoms. The van der Waals surface area contributed by atoms with Crippen LogP contribution in [-0.4, -0.2) is 32.3 Å². The van der Waals surface area contributed by atoms with E-state index in [9.17, 15) is 13.6 Å². The highest BCUT2D eigenvalue weighted by molar-refractivity contribution is 6.11. The number of anilines is 1. The zero-order valence-electron chi connectivity index (χ0n) is 16.1. The molecule has 0 aromatic carbocycles. The number of aromatic nitrogens is 4. The van der Waals surface area contributed by atoms with Gasteiger partial charge in [-0.05, 0) is 38.5 Å². The Bertz CT molecular complexity index is 1080. The molecule has 4 heterocycles. The van der Waals surface area contributed by atoms with Crippen LogP contribution in [0.25, 0.3) is 11.3 Å². The van der Waals surface area contributed by atoms with Crippen molar-refractivity contribution >= 4 is 11.7 Å². The van der Waals surface area contributed by atoms with Crippen molar-refractivity contribution in [2.45, 2.75) is 40.0 Å². The molecule has 1 aliphatic heterocycles. The number of carbonyl (C=O) groups is 1. The lowest BCUT2D eigenvalue weighted by Crippen LogP contribution is -2.27. The lowest BCUT2D eigenvalue weighted by atomic mass is 10.0. The van der Waals surface area contributed by atoms with Crippen molar-refractivity contribution in [2.24, 2.45) is 0 Å². The molecule has 0 fully saturated rings. The van der Waals surface area contributed by atoms with Gasteiger partial charge >= 0.3 is 6.61 Å². The first-order chi connectivity index (χ1) is 13.9. The van der Waals surface area contributed by atoms with Gasteiger partial charge in [-0.25, -0.2) is 4.98 Å². The molecule has 150 valence electrons. The monoisotopic (exact) mass is 399 g/mol. The molecule has 0 unspecified atom stereocenters. The summed E-state index contributed by atoms with van der Waals surface area (Å²) < 4.78 is 31.2. The van der Waals surface area contributed by atoms with Crippen LogP contribution in [0.3, 0.4) is 0 Å². The topological polar surface area (TPSA) is 73.1 Å². The van der Waals surface area contributed by atoms with E-state index >= 15 is 0 Å². The summed E-state index contributed by atoms with van der Waals surface area (Å²) in [6.45, 7) is 3.46. The van der Waals surface area contributed by atoms with Crippen LogP contribution < -0.4 is 9.64 Å². The van der Waals surface area contributed by atoms with Gasteiger partial charge in [-0.3, -0.25) is 19.4 Å². The van der Waals surface area contributed by atoms with Gasteiger partial charge in [0.25, 0.3) is 5.91 Å². The summed E-state index contributed by atoms with van der Waals surface area (Å²) in [4.78, 5) is 23.3. The predicted octanol–water partition coefficient (Wildman–Crippen LogP) is 3.99. The van der Waals surface area contributed by atoms with Crippen molar-refractivity contribution in [1.82, 2.24) is 19.7 Å². The fraction of sp³-hybridized carbons (Fsp3) is 0.300. The molecule has 1 atom stereocenters. The molecule has 3 aromatic rings. The Morgan fingerprint density at radius 3 is 2.76 bits per heavy atom. The van der Waals surface area contributed by atoms with Crippen molar-refractivity contribution in [3.63, 3.8) is 0 Å². The maximum absolute atomic E-state index is 13.1. The summed E-state index contributed by atoms with van der Waals surface area (Å²) >= 11 is 0. The standard InChI is InChI=1S/C20H19F2N5O2/c1-4-26-6-5-16(25-26)27-12(3)18-17(19(27)28)11(2)7-15(24-18)13-8-14(10-23-9-13)29-20(21)22/h5-10,12,20H,4H2,1-3H3/t12-/m0/s1. The second-order valence-corrected chi connectivity index (χ2v) is 6.75. The average molecular weight is 399 g/mol. The summed E-state index contributed by atoms with van der Waals surface area (Å²) in [5.74, 6) is 0.365. The molecule has 9 heteroatoms. The van der Waals surface area contributed by atoms with Crippen LogP contribution in [0.2, 0.25) is 0 Å². The maximum Gasteiger partial charge on any atom is 0.387 e. The van der Waals surface area contributed by atoms with E-state index in [1.807, 2.05) is 27.0 Å². The van der Waals surface area contributed by atoms with E-state index in [1.54, 1.807) is 21.7 Å². The summed E-state index contributed by atoms with van der Waals surface area (Å²) in [6.07, 6.45) is 4.56. The number of hydrogen-bond acceptors (Lipinski definition) is 5. The van der Waals surface area contributed by atoms with Crippen LogP contribution in [-0.2, 0) is 6.54 Å². The number of ether oxygens (including phenoxy) is 1.